The number of anilines is 1. The zero-order valence-electron chi connectivity index (χ0n) is 17.9. The van der Waals surface area contributed by atoms with E-state index in [1.165, 1.54) is 7.11 Å². The van der Waals surface area contributed by atoms with Gasteiger partial charge in [0.25, 0.3) is 5.91 Å². The van der Waals surface area contributed by atoms with Crippen molar-refractivity contribution in [2.45, 2.75) is 37.6 Å². The molecule has 6 nitrogen and oxygen atoms in total. The Morgan fingerprint density at radius 1 is 1.21 bits per heavy atom. The highest BCUT2D eigenvalue weighted by Crippen LogP contribution is 2.46. The number of carbonyl (C=O) groups excluding carboxylic acids is 1. The van der Waals surface area contributed by atoms with Crippen LogP contribution in [0.4, 0.5) is 19.0 Å². The van der Waals surface area contributed by atoms with E-state index in [1.54, 1.807) is 31.2 Å². The molecule has 2 heterocycles. The summed E-state index contributed by atoms with van der Waals surface area (Å²) in [6.07, 6.45) is -4.88. The average Bonchev–Trinajstić information content (AvgIpc) is 3.15. The van der Waals surface area contributed by atoms with Crippen molar-refractivity contribution in [1.29, 1.82) is 0 Å². The predicted molar refractivity (Wildman–Crippen MR) is 119 cm³/mol. The van der Waals surface area contributed by atoms with Crippen molar-refractivity contribution in [3.8, 4) is 5.75 Å². The monoisotopic (exact) mass is 478 g/mol. The molecule has 1 aromatic heterocycles. The number of rotatable bonds is 5. The molecule has 0 bridgehead atoms. The smallest absolute Gasteiger partial charge is 0.410 e. The van der Waals surface area contributed by atoms with E-state index in [1.807, 2.05) is 30.3 Å². The molecule has 0 fully saturated rings. The largest absolute Gasteiger partial charge is 0.497 e. The van der Waals surface area contributed by atoms with Crippen LogP contribution in [0.25, 0.3) is 0 Å². The SMILES string of the molecule is COc1ccc([C@@H]2C[C@H](C(F)(F)F)n3nc(C(=O)N[C@@H](C)c4ccccc4)c(Cl)c3N2)cc1. The van der Waals surface area contributed by atoms with Crippen molar-refractivity contribution in [3.63, 3.8) is 0 Å². The second-order valence-corrected chi connectivity index (χ2v) is 8.20. The standard InChI is InChI=1S/C23H22ClF3N4O2/c1-13(14-6-4-3-5-7-14)28-22(32)20-19(24)21-29-17(15-8-10-16(33-2)11-9-15)12-18(23(25,26)27)31(21)30-20/h3-11,13,17-18,29H,12H2,1-2H3,(H,28,32)/t13-,17-,18+/m0/s1. The van der Waals surface area contributed by atoms with Crippen LogP contribution in [0.3, 0.4) is 0 Å². The molecule has 3 atom stereocenters. The molecule has 0 saturated heterocycles. The summed E-state index contributed by atoms with van der Waals surface area (Å²) in [4.78, 5) is 12.9. The van der Waals surface area contributed by atoms with Gasteiger partial charge in [-0.25, -0.2) is 4.68 Å². The zero-order valence-corrected chi connectivity index (χ0v) is 18.6. The predicted octanol–water partition coefficient (Wildman–Crippen LogP) is 5.70. The highest BCUT2D eigenvalue weighted by Gasteiger charge is 2.47. The molecule has 2 N–H and O–H groups in total. The summed E-state index contributed by atoms with van der Waals surface area (Å²) in [5, 5.41) is 9.60. The summed E-state index contributed by atoms with van der Waals surface area (Å²) >= 11 is 6.39. The van der Waals surface area contributed by atoms with Crippen LogP contribution in [0.2, 0.25) is 5.02 Å². The summed E-state index contributed by atoms with van der Waals surface area (Å²) in [5.41, 5.74) is 1.22. The highest BCUT2D eigenvalue weighted by molar-refractivity contribution is 6.36. The van der Waals surface area contributed by atoms with E-state index >= 15 is 0 Å². The maximum atomic E-state index is 13.9. The Morgan fingerprint density at radius 3 is 2.48 bits per heavy atom. The van der Waals surface area contributed by atoms with Gasteiger partial charge in [-0.15, -0.1) is 0 Å². The fourth-order valence-corrected chi connectivity index (χ4v) is 4.14. The third kappa shape index (κ3) is 4.64. The molecule has 1 aliphatic rings. The minimum atomic E-state index is -4.58. The van der Waals surface area contributed by atoms with Crippen LogP contribution < -0.4 is 15.4 Å². The lowest BCUT2D eigenvalue weighted by molar-refractivity contribution is -0.173. The number of halogens is 4. The number of hydrogen-bond donors (Lipinski definition) is 2. The summed E-state index contributed by atoms with van der Waals surface area (Å²) in [6, 6.07) is 12.9. The number of ether oxygens (including phenoxy) is 1. The minimum absolute atomic E-state index is 0.0384. The molecule has 3 aromatic rings. The van der Waals surface area contributed by atoms with Gasteiger partial charge in [0, 0.05) is 6.42 Å². The second kappa shape index (κ2) is 8.97. The van der Waals surface area contributed by atoms with Crippen molar-refractivity contribution in [1.82, 2.24) is 15.1 Å². The van der Waals surface area contributed by atoms with E-state index in [4.69, 9.17) is 16.3 Å². The maximum absolute atomic E-state index is 13.9. The molecule has 0 unspecified atom stereocenters. The molecule has 0 aliphatic carbocycles. The Hall–Kier alpha value is -3.20. The van der Waals surface area contributed by atoms with Crippen molar-refractivity contribution < 1.29 is 22.7 Å². The lowest BCUT2D eigenvalue weighted by Gasteiger charge is -2.33. The molecular weight excluding hydrogens is 457 g/mol. The van der Waals surface area contributed by atoms with Crippen LogP contribution in [0.1, 0.15) is 53.1 Å². The summed E-state index contributed by atoms with van der Waals surface area (Å²) < 4.78 is 47.7. The van der Waals surface area contributed by atoms with Gasteiger partial charge in [-0.3, -0.25) is 4.79 Å². The summed E-state index contributed by atoms with van der Waals surface area (Å²) in [5.74, 6) is -0.0953. The molecule has 4 rings (SSSR count). The van der Waals surface area contributed by atoms with E-state index in [2.05, 4.69) is 15.7 Å². The first kappa shape index (κ1) is 23.0. The van der Waals surface area contributed by atoms with Gasteiger partial charge in [-0.1, -0.05) is 54.1 Å². The number of nitrogens with one attached hydrogen (secondary N) is 2. The van der Waals surface area contributed by atoms with Gasteiger partial charge < -0.3 is 15.4 Å². The zero-order chi connectivity index (χ0) is 23.8. The minimum Gasteiger partial charge on any atom is -0.497 e. The fourth-order valence-electron chi connectivity index (χ4n) is 3.88. The second-order valence-electron chi connectivity index (χ2n) is 7.82. The molecule has 0 saturated carbocycles. The molecule has 174 valence electrons. The average molecular weight is 479 g/mol. The van der Waals surface area contributed by atoms with Gasteiger partial charge in [0.05, 0.1) is 19.2 Å². The van der Waals surface area contributed by atoms with Crippen LogP contribution in [0.15, 0.2) is 54.6 Å². The van der Waals surface area contributed by atoms with E-state index in [-0.39, 0.29) is 29.0 Å². The molecule has 0 radical (unpaired) electrons. The first-order valence-electron chi connectivity index (χ1n) is 10.3. The molecular formula is C23H22ClF3N4O2. The van der Waals surface area contributed by atoms with Crippen molar-refractivity contribution in [2.24, 2.45) is 0 Å². The number of fused-ring (bicyclic) bond motifs is 1. The molecule has 1 amide bonds. The number of nitrogens with zero attached hydrogens (tertiary/aromatic N) is 2. The molecule has 2 aromatic carbocycles. The fraction of sp³-hybridized carbons (Fsp3) is 0.304. The number of alkyl halides is 3. The first-order chi connectivity index (χ1) is 15.7. The first-order valence-corrected chi connectivity index (χ1v) is 10.7. The maximum Gasteiger partial charge on any atom is 0.410 e. The number of carbonyl (C=O) groups is 1. The molecule has 0 spiro atoms. The van der Waals surface area contributed by atoms with Crippen molar-refractivity contribution >= 4 is 23.3 Å². The van der Waals surface area contributed by atoms with Crippen LogP contribution in [-0.2, 0) is 0 Å². The van der Waals surface area contributed by atoms with Gasteiger partial charge in [0.1, 0.15) is 16.6 Å². The van der Waals surface area contributed by atoms with Gasteiger partial charge in [-0.2, -0.15) is 18.3 Å². The number of benzene rings is 2. The highest BCUT2D eigenvalue weighted by atomic mass is 35.5. The van der Waals surface area contributed by atoms with E-state index in [0.717, 1.165) is 10.2 Å². The lowest BCUT2D eigenvalue weighted by Crippen LogP contribution is -2.36. The van der Waals surface area contributed by atoms with Gasteiger partial charge in [0.15, 0.2) is 11.7 Å². The topological polar surface area (TPSA) is 68.2 Å². The van der Waals surface area contributed by atoms with Gasteiger partial charge in [-0.05, 0) is 30.2 Å². The summed E-state index contributed by atoms with van der Waals surface area (Å²) in [6.45, 7) is 1.77. The van der Waals surface area contributed by atoms with Crippen LogP contribution in [-0.4, -0.2) is 29.0 Å². The third-order valence-corrected chi connectivity index (χ3v) is 6.03. The molecule has 10 heteroatoms. The van der Waals surface area contributed by atoms with Crippen LogP contribution >= 0.6 is 11.6 Å². The van der Waals surface area contributed by atoms with Crippen LogP contribution in [0, 0.1) is 0 Å². The Labute approximate surface area is 193 Å². The number of hydrogen-bond acceptors (Lipinski definition) is 4. The quantitative estimate of drug-likeness (QED) is 0.494. The third-order valence-electron chi connectivity index (χ3n) is 5.68. The Kier molecular flexibility index (Phi) is 6.25. The Bertz CT molecular complexity index is 1130. The van der Waals surface area contributed by atoms with E-state index in [9.17, 15) is 18.0 Å². The Morgan fingerprint density at radius 2 is 1.88 bits per heavy atom. The normalized spacial score (nSPS) is 18.7. The molecule has 1 aliphatic heterocycles. The van der Waals surface area contributed by atoms with E-state index < -0.39 is 24.2 Å². The van der Waals surface area contributed by atoms with Crippen LogP contribution in [0.5, 0.6) is 5.75 Å². The molecule has 33 heavy (non-hydrogen) atoms. The van der Waals surface area contributed by atoms with Gasteiger partial charge >= 0.3 is 6.18 Å². The summed E-state index contributed by atoms with van der Waals surface area (Å²) in [7, 11) is 1.51. The van der Waals surface area contributed by atoms with Gasteiger partial charge in [0.2, 0.25) is 0 Å². The van der Waals surface area contributed by atoms with Crippen molar-refractivity contribution in [3.05, 3.63) is 76.4 Å². The number of methoxy groups -OCH3 is 1. The van der Waals surface area contributed by atoms with E-state index in [0.29, 0.717) is 11.3 Å². The number of aromatic nitrogens is 2. The number of amides is 1. The van der Waals surface area contributed by atoms with Crippen molar-refractivity contribution in [2.75, 3.05) is 12.4 Å². The lowest BCUT2D eigenvalue weighted by atomic mass is 9.97. The Balaban J connectivity index is 1.65.